The SMILES string of the molecule is C[C@@H](C(=O)NC1CC1)[NH+]1CCN(C(=O)[C@@H]2COc3ccccc3O2)CC1. The van der Waals surface area contributed by atoms with Crippen molar-refractivity contribution in [1.29, 1.82) is 0 Å². The van der Waals surface area contributed by atoms with E-state index in [-0.39, 0.29) is 24.5 Å². The zero-order valence-corrected chi connectivity index (χ0v) is 15.1. The topological polar surface area (TPSA) is 72.3 Å². The minimum atomic E-state index is -0.595. The van der Waals surface area contributed by atoms with Gasteiger partial charge in [-0.1, -0.05) is 12.1 Å². The van der Waals surface area contributed by atoms with Crippen LogP contribution in [0.25, 0.3) is 0 Å². The van der Waals surface area contributed by atoms with E-state index in [1.54, 1.807) is 0 Å². The molecule has 3 aliphatic rings. The molecular formula is C19H26N3O4+. The Bertz CT molecular complexity index is 683. The zero-order chi connectivity index (χ0) is 18.1. The second-order valence-electron chi connectivity index (χ2n) is 7.35. The van der Waals surface area contributed by atoms with E-state index in [0.29, 0.717) is 30.6 Å². The third-order valence-corrected chi connectivity index (χ3v) is 5.43. The van der Waals surface area contributed by atoms with E-state index in [9.17, 15) is 9.59 Å². The Morgan fingerprint density at radius 2 is 1.88 bits per heavy atom. The number of rotatable bonds is 4. The van der Waals surface area contributed by atoms with Gasteiger partial charge >= 0.3 is 0 Å². The summed E-state index contributed by atoms with van der Waals surface area (Å²) in [4.78, 5) is 28.0. The van der Waals surface area contributed by atoms with Crippen LogP contribution < -0.4 is 19.7 Å². The van der Waals surface area contributed by atoms with Crippen molar-refractivity contribution < 1.29 is 24.0 Å². The summed E-state index contributed by atoms with van der Waals surface area (Å²) in [6.07, 6.45) is 1.60. The van der Waals surface area contributed by atoms with Crippen LogP contribution in [0.2, 0.25) is 0 Å². The lowest BCUT2D eigenvalue weighted by molar-refractivity contribution is -0.918. The van der Waals surface area contributed by atoms with Crippen molar-refractivity contribution in [2.24, 2.45) is 0 Å². The Morgan fingerprint density at radius 1 is 1.19 bits per heavy atom. The summed E-state index contributed by atoms with van der Waals surface area (Å²) in [6, 6.07) is 7.72. The first kappa shape index (κ1) is 17.1. The predicted octanol–water partition coefficient (Wildman–Crippen LogP) is -0.779. The van der Waals surface area contributed by atoms with Gasteiger partial charge in [0.2, 0.25) is 6.10 Å². The van der Waals surface area contributed by atoms with Crippen LogP contribution in [0.1, 0.15) is 19.8 Å². The fourth-order valence-electron chi connectivity index (χ4n) is 3.53. The van der Waals surface area contributed by atoms with Gasteiger partial charge in [0.15, 0.2) is 17.5 Å². The van der Waals surface area contributed by atoms with Gasteiger partial charge in [-0.15, -0.1) is 0 Å². The molecule has 1 aromatic carbocycles. The number of carbonyl (C=O) groups is 2. The highest BCUT2D eigenvalue weighted by atomic mass is 16.6. The van der Waals surface area contributed by atoms with Crippen LogP contribution in [0.3, 0.4) is 0 Å². The molecule has 7 nitrogen and oxygen atoms in total. The van der Waals surface area contributed by atoms with Gasteiger partial charge in [-0.2, -0.15) is 0 Å². The van der Waals surface area contributed by atoms with Gasteiger partial charge in [-0.3, -0.25) is 9.59 Å². The van der Waals surface area contributed by atoms with E-state index in [2.05, 4.69) is 5.32 Å². The lowest BCUT2D eigenvalue weighted by atomic mass is 10.2. The van der Waals surface area contributed by atoms with Crippen molar-refractivity contribution in [3.8, 4) is 11.5 Å². The summed E-state index contributed by atoms with van der Waals surface area (Å²) in [5.74, 6) is 1.39. The maximum Gasteiger partial charge on any atom is 0.278 e. The summed E-state index contributed by atoms with van der Waals surface area (Å²) in [6.45, 7) is 5.03. The monoisotopic (exact) mass is 360 g/mol. The number of ether oxygens (including phenoxy) is 2. The molecule has 2 fully saturated rings. The number of hydrogen-bond acceptors (Lipinski definition) is 4. The van der Waals surface area contributed by atoms with Crippen LogP contribution in [0.4, 0.5) is 0 Å². The highest BCUT2D eigenvalue weighted by Crippen LogP contribution is 2.31. The van der Waals surface area contributed by atoms with Crippen LogP contribution in [-0.4, -0.2) is 67.7 Å². The number of para-hydroxylation sites is 2. The van der Waals surface area contributed by atoms with Crippen LogP contribution >= 0.6 is 0 Å². The maximum absolute atomic E-state index is 12.8. The number of fused-ring (bicyclic) bond motifs is 1. The van der Waals surface area contributed by atoms with Crippen molar-refractivity contribution in [2.75, 3.05) is 32.8 Å². The molecule has 2 aliphatic heterocycles. The van der Waals surface area contributed by atoms with Crippen molar-refractivity contribution in [3.05, 3.63) is 24.3 Å². The van der Waals surface area contributed by atoms with Gasteiger partial charge in [0.25, 0.3) is 11.8 Å². The number of benzene rings is 1. The van der Waals surface area contributed by atoms with Crippen molar-refractivity contribution in [3.63, 3.8) is 0 Å². The molecule has 0 bridgehead atoms. The molecule has 1 aromatic rings. The number of carbonyl (C=O) groups excluding carboxylic acids is 2. The molecule has 2 heterocycles. The Morgan fingerprint density at radius 3 is 2.58 bits per heavy atom. The van der Waals surface area contributed by atoms with Crippen LogP contribution in [0.15, 0.2) is 24.3 Å². The van der Waals surface area contributed by atoms with E-state index in [1.165, 1.54) is 4.90 Å². The Balaban J connectivity index is 1.29. The fourth-order valence-corrected chi connectivity index (χ4v) is 3.53. The summed E-state index contributed by atoms with van der Waals surface area (Å²) in [5.41, 5.74) is 0. The quantitative estimate of drug-likeness (QED) is 0.739. The summed E-state index contributed by atoms with van der Waals surface area (Å²) >= 11 is 0. The van der Waals surface area contributed by atoms with Gasteiger partial charge < -0.3 is 24.6 Å². The molecule has 140 valence electrons. The van der Waals surface area contributed by atoms with Gasteiger partial charge in [-0.25, -0.2) is 0 Å². The number of nitrogens with one attached hydrogen (secondary N) is 2. The molecule has 2 atom stereocenters. The second kappa shape index (κ2) is 7.15. The minimum Gasteiger partial charge on any atom is -0.485 e. The first-order chi connectivity index (χ1) is 12.6. The van der Waals surface area contributed by atoms with Crippen LogP contribution in [0.5, 0.6) is 11.5 Å². The Hall–Kier alpha value is -2.28. The largest absolute Gasteiger partial charge is 0.485 e. The van der Waals surface area contributed by atoms with Gasteiger partial charge in [0, 0.05) is 6.04 Å². The predicted molar refractivity (Wildman–Crippen MR) is 94.3 cm³/mol. The molecule has 0 aromatic heterocycles. The normalized spacial score (nSPS) is 24.0. The molecule has 0 radical (unpaired) electrons. The average molecular weight is 360 g/mol. The highest BCUT2D eigenvalue weighted by Gasteiger charge is 2.36. The molecule has 1 saturated carbocycles. The highest BCUT2D eigenvalue weighted by molar-refractivity contribution is 5.82. The lowest BCUT2D eigenvalue weighted by Crippen LogP contribution is -3.19. The molecule has 7 heteroatoms. The lowest BCUT2D eigenvalue weighted by Gasteiger charge is -2.37. The fraction of sp³-hybridized carbons (Fsp3) is 0.579. The van der Waals surface area contributed by atoms with Gasteiger partial charge in [-0.05, 0) is 31.9 Å². The van der Waals surface area contributed by atoms with Crippen molar-refractivity contribution >= 4 is 11.8 Å². The maximum atomic E-state index is 12.8. The van der Waals surface area contributed by atoms with Crippen molar-refractivity contribution in [2.45, 2.75) is 38.0 Å². The minimum absolute atomic E-state index is 0.0337. The van der Waals surface area contributed by atoms with E-state index in [1.807, 2.05) is 36.1 Å². The molecule has 4 rings (SSSR count). The molecular weight excluding hydrogens is 334 g/mol. The smallest absolute Gasteiger partial charge is 0.278 e. The number of piperazine rings is 1. The molecule has 1 saturated heterocycles. The number of amides is 2. The van der Waals surface area contributed by atoms with Gasteiger partial charge in [0.05, 0.1) is 26.2 Å². The molecule has 2 N–H and O–H groups in total. The van der Waals surface area contributed by atoms with Crippen molar-refractivity contribution in [1.82, 2.24) is 10.2 Å². The van der Waals surface area contributed by atoms with E-state index in [0.717, 1.165) is 25.9 Å². The third-order valence-electron chi connectivity index (χ3n) is 5.43. The molecule has 0 spiro atoms. The summed E-state index contributed by atoms with van der Waals surface area (Å²) < 4.78 is 11.5. The van der Waals surface area contributed by atoms with Crippen LogP contribution in [-0.2, 0) is 9.59 Å². The standard InChI is InChI=1S/C19H25N3O4/c1-13(18(23)20-14-6-7-14)21-8-10-22(11-9-21)19(24)17-12-25-15-4-2-3-5-16(15)26-17/h2-5,13-14,17H,6-12H2,1H3,(H,20,23)/p+1/t13-,17-/m0/s1. The number of nitrogens with zero attached hydrogens (tertiary/aromatic N) is 1. The molecule has 26 heavy (non-hydrogen) atoms. The first-order valence-electron chi connectivity index (χ1n) is 9.44. The van der Waals surface area contributed by atoms with Gasteiger partial charge in [0.1, 0.15) is 6.61 Å². The average Bonchev–Trinajstić information content (AvgIpc) is 3.50. The summed E-state index contributed by atoms with van der Waals surface area (Å²) in [5, 5.41) is 3.07. The first-order valence-corrected chi connectivity index (χ1v) is 9.44. The Labute approximate surface area is 153 Å². The zero-order valence-electron chi connectivity index (χ0n) is 15.1. The van der Waals surface area contributed by atoms with E-state index in [4.69, 9.17) is 9.47 Å². The second-order valence-corrected chi connectivity index (χ2v) is 7.35. The summed E-state index contributed by atoms with van der Waals surface area (Å²) in [7, 11) is 0. The number of hydrogen-bond donors (Lipinski definition) is 2. The van der Waals surface area contributed by atoms with E-state index < -0.39 is 6.10 Å². The third kappa shape index (κ3) is 3.62. The Kier molecular flexibility index (Phi) is 4.72. The van der Waals surface area contributed by atoms with E-state index >= 15 is 0 Å². The molecule has 0 unspecified atom stereocenters. The molecule has 2 amide bonds. The molecule has 1 aliphatic carbocycles. The number of quaternary nitrogens is 1. The van der Waals surface area contributed by atoms with Crippen LogP contribution in [0, 0.1) is 0 Å².